The van der Waals surface area contributed by atoms with Crippen molar-refractivity contribution in [1.29, 1.82) is 0 Å². The Hall–Kier alpha value is -0.950. The quantitative estimate of drug-likeness (QED) is 0.881. The molecule has 1 saturated heterocycles. The Morgan fingerprint density at radius 1 is 1.63 bits per heavy atom. The molecule has 1 aliphatic heterocycles. The highest BCUT2D eigenvalue weighted by Crippen LogP contribution is 2.27. The van der Waals surface area contributed by atoms with Gasteiger partial charge in [-0.2, -0.15) is 0 Å². The minimum Gasteiger partial charge on any atom is -0.380 e. The molecular weight excluding hydrogens is 312 g/mol. The fraction of sp³-hybridized carbons (Fsp3) is 0.462. The Bertz CT molecular complexity index is 473. The number of hydrogen-bond donors (Lipinski definition) is 2. The van der Waals surface area contributed by atoms with Crippen LogP contribution < -0.4 is 11.1 Å². The number of amides is 1. The third-order valence-corrected chi connectivity index (χ3v) is 3.90. The summed E-state index contributed by atoms with van der Waals surface area (Å²) in [5.74, 6) is -0.222. The van der Waals surface area contributed by atoms with Gasteiger partial charge in [0.05, 0.1) is 13.2 Å². The second kappa shape index (κ2) is 6.00. The zero-order valence-electron chi connectivity index (χ0n) is 10.7. The van der Waals surface area contributed by atoms with Gasteiger partial charge in [-0.15, -0.1) is 0 Å². The van der Waals surface area contributed by atoms with E-state index in [1.807, 2.05) is 18.2 Å². The largest absolute Gasteiger partial charge is 0.380 e. The number of carbonyl (C=O) groups excluding carboxylic acids is 1. The predicted molar refractivity (Wildman–Crippen MR) is 75.8 cm³/mol. The number of anilines is 1. The lowest BCUT2D eigenvalue weighted by Crippen LogP contribution is -2.51. The van der Waals surface area contributed by atoms with Crippen molar-refractivity contribution >= 4 is 27.5 Å². The molecule has 5 nitrogen and oxygen atoms in total. The molecule has 0 radical (unpaired) electrons. The number of ether oxygens (including phenoxy) is 2. The third-order valence-electron chi connectivity index (χ3n) is 3.16. The molecule has 0 spiro atoms. The van der Waals surface area contributed by atoms with Gasteiger partial charge < -0.3 is 20.5 Å². The van der Waals surface area contributed by atoms with Gasteiger partial charge in [-0.25, -0.2) is 0 Å². The van der Waals surface area contributed by atoms with Crippen molar-refractivity contribution in [3.63, 3.8) is 0 Å². The van der Waals surface area contributed by atoms with Gasteiger partial charge in [0.1, 0.15) is 5.54 Å². The van der Waals surface area contributed by atoms with E-state index in [1.54, 1.807) is 7.11 Å². The molecule has 1 unspecified atom stereocenters. The SMILES string of the molecule is COCc1c(Br)cccc1NC(=O)C1(N)CCOC1. The van der Waals surface area contributed by atoms with Gasteiger partial charge in [0.15, 0.2) is 0 Å². The lowest BCUT2D eigenvalue weighted by molar-refractivity contribution is -0.121. The van der Waals surface area contributed by atoms with Gasteiger partial charge in [0.2, 0.25) is 5.91 Å². The second-order valence-corrected chi connectivity index (χ2v) is 5.47. The average molecular weight is 329 g/mol. The molecule has 2 rings (SSSR count). The van der Waals surface area contributed by atoms with E-state index in [0.29, 0.717) is 25.3 Å². The fourth-order valence-corrected chi connectivity index (χ4v) is 2.45. The first kappa shape index (κ1) is 14.5. The number of nitrogens with two attached hydrogens (primary N) is 1. The van der Waals surface area contributed by atoms with E-state index in [1.165, 1.54) is 0 Å². The predicted octanol–water partition coefficient (Wildman–Crippen LogP) is 1.65. The van der Waals surface area contributed by atoms with E-state index in [2.05, 4.69) is 21.2 Å². The van der Waals surface area contributed by atoms with Crippen LogP contribution in [0.25, 0.3) is 0 Å². The molecule has 0 saturated carbocycles. The summed E-state index contributed by atoms with van der Waals surface area (Å²) in [7, 11) is 1.61. The summed E-state index contributed by atoms with van der Waals surface area (Å²) < 4.78 is 11.2. The zero-order chi connectivity index (χ0) is 13.9. The second-order valence-electron chi connectivity index (χ2n) is 4.61. The maximum absolute atomic E-state index is 12.2. The number of methoxy groups -OCH3 is 1. The molecule has 6 heteroatoms. The van der Waals surface area contributed by atoms with Crippen LogP contribution in [-0.2, 0) is 20.9 Å². The van der Waals surface area contributed by atoms with E-state index in [4.69, 9.17) is 15.2 Å². The summed E-state index contributed by atoms with van der Waals surface area (Å²) in [6, 6.07) is 5.59. The Morgan fingerprint density at radius 3 is 3.05 bits per heavy atom. The molecule has 1 aliphatic rings. The van der Waals surface area contributed by atoms with Crippen LogP contribution in [0.15, 0.2) is 22.7 Å². The fourth-order valence-electron chi connectivity index (χ4n) is 1.97. The van der Waals surface area contributed by atoms with Crippen molar-refractivity contribution in [2.24, 2.45) is 5.73 Å². The van der Waals surface area contributed by atoms with Crippen molar-refractivity contribution in [2.75, 3.05) is 25.6 Å². The smallest absolute Gasteiger partial charge is 0.246 e. The molecule has 1 amide bonds. The Labute approximate surface area is 120 Å². The van der Waals surface area contributed by atoms with Gasteiger partial charge in [-0.1, -0.05) is 22.0 Å². The highest BCUT2D eigenvalue weighted by Gasteiger charge is 2.38. The number of carbonyl (C=O) groups is 1. The zero-order valence-corrected chi connectivity index (χ0v) is 12.3. The number of nitrogens with one attached hydrogen (secondary N) is 1. The number of benzene rings is 1. The molecule has 1 aromatic rings. The molecule has 0 aliphatic carbocycles. The van der Waals surface area contributed by atoms with Gasteiger partial charge >= 0.3 is 0 Å². The van der Waals surface area contributed by atoms with Crippen LogP contribution in [0.1, 0.15) is 12.0 Å². The summed E-state index contributed by atoms with van der Waals surface area (Å²) in [4.78, 5) is 12.2. The third kappa shape index (κ3) is 3.14. The van der Waals surface area contributed by atoms with Gasteiger partial charge in [-0.05, 0) is 18.6 Å². The molecular formula is C13H17BrN2O3. The molecule has 0 aromatic heterocycles. The van der Waals surface area contributed by atoms with Crippen LogP contribution in [0.2, 0.25) is 0 Å². The Kier molecular flexibility index (Phi) is 4.57. The van der Waals surface area contributed by atoms with Gasteiger partial charge in [-0.3, -0.25) is 4.79 Å². The first-order valence-electron chi connectivity index (χ1n) is 6.01. The molecule has 1 heterocycles. The van der Waals surface area contributed by atoms with Crippen LogP contribution in [0.3, 0.4) is 0 Å². The minimum atomic E-state index is -0.938. The van der Waals surface area contributed by atoms with E-state index in [-0.39, 0.29) is 12.5 Å². The van der Waals surface area contributed by atoms with Crippen LogP contribution in [0.5, 0.6) is 0 Å². The van der Waals surface area contributed by atoms with Crippen LogP contribution in [-0.4, -0.2) is 31.8 Å². The normalized spacial score (nSPS) is 22.5. The Morgan fingerprint density at radius 2 is 2.42 bits per heavy atom. The molecule has 19 heavy (non-hydrogen) atoms. The first-order valence-corrected chi connectivity index (χ1v) is 6.80. The maximum atomic E-state index is 12.2. The molecule has 1 atom stereocenters. The molecule has 0 bridgehead atoms. The van der Waals surface area contributed by atoms with Crippen LogP contribution in [0.4, 0.5) is 5.69 Å². The highest BCUT2D eigenvalue weighted by molar-refractivity contribution is 9.10. The van der Waals surface area contributed by atoms with Crippen molar-refractivity contribution in [2.45, 2.75) is 18.6 Å². The number of rotatable bonds is 4. The van der Waals surface area contributed by atoms with Gasteiger partial charge in [0, 0.05) is 29.4 Å². The molecule has 104 valence electrons. The van der Waals surface area contributed by atoms with E-state index in [0.717, 1.165) is 10.0 Å². The van der Waals surface area contributed by atoms with Crippen LogP contribution >= 0.6 is 15.9 Å². The standard InChI is InChI=1S/C13H17BrN2O3/c1-18-7-9-10(14)3-2-4-11(9)16-12(17)13(15)5-6-19-8-13/h2-4H,5-8,15H2,1H3,(H,16,17). The number of halogens is 1. The van der Waals surface area contributed by atoms with Crippen LogP contribution in [0, 0.1) is 0 Å². The van der Waals surface area contributed by atoms with E-state index < -0.39 is 5.54 Å². The summed E-state index contributed by atoms with van der Waals surface area (Å²) >= 11 is 3.45. The molecule has 1 aromatic carbocycles. The summed E-state index contributed by atoms with van der Waals surface area (Å²) in [6.45, 7) is 1.19. The number of hydrogen-bond acceptors (Lipinski definition) is 4. The van der Waals surface area contributed by atoms with E-state index in [9.17, 15) is 4.79 Å². The molecule has 1 fully saturated rings. The van der Waals surface area contributed by atoms with Crippen molar-refractivity contribution in [3.05, 3.63) is 28.2 Å². The summed E-state index contributed by atoms with van der Waals surface area (Å²) in [5, 5.41) is 2.86. The monoisotopic (exact) mass is 328 g/mol. The van der Waals surface area contributed by atoms with Gasteiger partial charge in [0.25, 0.3) is 0 Å². The van der Waals surface area contributed by atoms with E-state index >= 15 is 0 Å². The highest BCUT2D eigenvalue weighted by atomic mass is 79.9. The topological polar surface area (TPSA) is 73.6 Å². The summed E-state index contributed by atoms with van der Waals surface area (Å²) in [5.41, 5.74) is 6.69. The Balaban J connectivity index is 2.19. The van der Waals surface area contributed by atoms with Crippen molar-refractivity contribution < 1.29 is 14.3 Å². The first-order chi connectivity index (χ1) is 9.07. The maximum Gasteiger partial charge on any atom is 0.246 e. The average Bonchev–Trinajstić information content (AvgIpc) is 2.82. The lowest BCUT2D eigenvalue weighted by Gasteiger charge is -2.22. The molecule has 3 N–H and O–H groups in total. The summed E-state index contributed by atoms with van der Waals surface area (Å²) in [6.07, 6.45) is 0.534. The lowest BCUT2D eigenvalue weighted by atomic mass is 9.99. The van der Waals surface area contributed by atoms with Crippen molar-refractivity contribution in [3.8, 4) is 0 Å². The minimum absolute atomic E-state index is 0.222. The van der Waals surface area contributed by atoms with Crippen molar-refractivity contribution in [1.82, 2.24) is 0 Å².